The monoisotopic (exact) mass is 410 g/mol. The van der Waals surface area contributed by atoms with E-state index in [0.717, 1.165) is 36.8 Å². The number of aryl methyl sites for hydroxylation is 1. The minimum atomic E-state index is -0.466. The lowest BCUT2D eigenvalue weighted by Crippen LogP contribution is -2.43. The third kappa shape index (κ3) is 4.37. The molecule has 29 heavy (non-hydrogen) atoms. The van der Waals surface area contributed by atoms with Crippen LogP contribution in [0.25, 0.3) is 21.3 Å². The lowest BCUT2D eigenvalue weighted by Gasteiger charge is -2.12. The van der Waals surface area contributed by atoms with Gasteiger partial charge in [-0.25, -0.2) is 9.78 Å². The number of benzene rings is 1. The van der Waals surface area contributed by atoms with Gasteiger partial charge in [-0.15, -0.1) is 11.3 Å². The van der Waals surface area contributed by atoms with E-state index in [9.17, 15) is 14.4 Å². The Morgan fingerprint density at radius 3 is 2.69 bits per heavy atom. The smallest absolute Gasteiger partial charge is 0.321 e. The maximum absolute atomic E-state index is 13.0. The van der Waals surface area contributed by atoms with Crippen LogP contribution in [0.5, 0.6) is 0 Å². The van der Waals surface area contributed by atoms with E-state index < -0.39 is 11.9 Å². The molecule has 0 radical (unpaired) electrons. The van der Waals surface area contributed by atoms with Gasteiger partial charge in [0, 0.05) is 30.0 Å². The molecule has 7 nitrogen and oxygen atoms in total. The summed E-state index contributed by atoms with van der Waals surface area (Å²) in [5.74, 6) is -0.416. The van der Waals surface area contributed by atoms with Gasteiger partial charge < -0.3 is 5.32 Å². The second kappa shape index (κ2) is 8.57. The summed E-state index contributed by atoms with van der Waals surface area (Å²) < 4.78 is 1.43. The molecule has 0 saturated heterocycles. The Bertz CT molecular complexity index is 1080. The van der Waals surface area contributed by atoms with Crippen LogP contribution in [0.4, 0.5) is 4.79 Å². The van der Waals surface area contributed by atoms with Crippen molar-refractivity contribution >= 4 is 33.5 Å². The van der Waals surface area contributed by atoms with Gasteiger partial charge in [0.1, 0.15) is 4.83 Å². The average Bonchev–Trinajstić information content (AvgIpc) is 3.38. The van der Waals surface area contributed by atoms with Crippen molar-refractivity contribution in [3.8, 4) is 11.1 Å². The van der Waals surface area contributed by atoms with E-state index in [0.29, 0.717) is 10.2 Å². The molecule has 8 heteroatoms. The second-order valence-electron chi connectivity index (χ2n) is 7.19. The average molecular weight is 410 g/mol. The number of imide groups is 1. The Kier molecular flexibility index (Phi) is 5.71. The predicted molar refractivity (Wildman–Crippen MR) is 113 cm³/mol. The van der Waals surface area contributed by atoms with Crippen LogP contribution in [0.2, 0.25) is 0 Å². The molecule has 3 aromatic rings. The van der Waals surface area contributed by atoms with E-state index in [1.807, 2.05) is 35.7 Å². The van der Waals surface area contributed by atoms with E-state index in [2.05, 4.69) is 15.6 Å². The van der Waals surface area contributed by atoms with Gasteiger partial charge in [-0.3, -0.25) is 19.5 Å². The van der Waals surface area contributed by atoms with E-state index in [4.69, 9.17) is 0 Å². The predicted octanol–water partition coefficient (Wildman–Crippen LogP) is 3.28. The molecule has 0 bridgehead atoms. The van der Waals surface area contributed by atoms with Crippen LogP contribution in [-0.4, -0.2) is 27.5 Å². The summed E-state index contributed by atoms with van der Waals surface area (Å²) in [4.78, 5) is 42.0. The molecule has 3 amide bonds. The van der Waals surface area contributed by atoms with Crippen molar-refractivity contribution in [1.82, 2.24) is 20.2 Å². The molecule has 0 spiro atoms. The van der Waals surface area contributed by atoms with Gasteiger partial charge in [-0.2, -0.15) is 0 Å². The zero-order valence-corrected chi connectivity index (χ0v) is 16.7. The van der Waals surface area contributed by atoms with Gasteiger partial charge in [0.2, 0.25) is 5.91 Å². The Morgan fingerprint density at radius 2 is 1.93 bits per heavy atom. The molecule has 2 N–H and O–H groups in total. The SMILES string of the molecule is O=C(CCn1cnc2scc(-c3ccccc3)c2c1=O)NC(=O)NC1CCCC1. The van der Waals surface area contributed by atoms with E-state index >= 15 is 0 Å². The number of hydrogen-bond acceptors (Lipinski definition) is 5. The number of nitrogens with one attached hydrogen (secondary N) is 2. The fourth-order valence-corrected chi connectivity index (χ4v) is 4.57. The first kappa shape index (κ1) is 19.3. The molecule has 1 aliphatic rings. The Balaban J connectivity index is 1.44. The van der Waals surface area contributed by atoms with Gasteiger partial charge in [0.25, 0.3) is 5.56 Å². The number of rotatable bonds is 5. The fraction of sp³-hybridized carbons (Fsp3) is 0.333. The van der Waals surface area contributed by atoms with Crippen molar-refractivity contribution < 1.29 is 9.59 Å². The van der Waals surface area contributed by atoms with Crippen LogP contribution in [-0.2, 0) is 11.3 Å². The molecule has 4 rings (SSSR count). The number of hydrogen-bond donors (Lipinski definition) is 2. The maximum atomic E-state index is 13.0. The van der Waals surface area contributed by atoms with Crippen molar-refractivity contribution in [3.05, 3.63) is 52.4 Å². The topological polar surface area (TPSA) is 93.1 Å². The van der Waals surface area contributed by atoms with Crippen molar-refractivity contribution in [2.24, 2.45) is 0 Å². The van der Waals surface area contributed by atoms with Gasteiger partial charge >= 0.3 is 6.03 Å². The maximum Gasteiger partial charge on any atom is 0.321 e. The zero-order valence-electron chi connectivity index (χ0n) is 15.9. The summed E-state index contributed by atoms with van der Waals surface area (Å²) in [6, 6.07) is 9.36. The molecule has 150 valence electrons. The van der Waals surface area contributed by atoms with Crippen LogP contribution in [0.1, 0.15) is 32.1 Å². The molecule has 0 unspecified atom stereocenters. The molecule has 1 aromatic carbocycles. The highest BCUT2D eigenvalue weighted by Crippen LogP contribution is 2.30. The number of aromatic nitrogens is 2. The fourth-order valence-electron chi connectivity index (χ4n) is 3.66. The summed E-state index contributed by atoms with van der Waals surface area (Å²) in [6.45, 7) is 0.161. The molecule has 0 atom stereocenters. The van der Waals surface area contributed by atoms with E-state index in [1.54, 1.807) is 0 Å². The summed E-state index contributed by atoms with van der Waals surface area (Å²) >= 11 is 1.42. The van der Waals surface area contributed by atoms with E-state index in [1.165, 1.54) is 22.2 Å². The van der Waals surface area contributed by atoms with Gasteiger partial charge in [-0.1, -0.05) is 43.2 Å². The number of fused-ring (bicyclic) bond motifs is 1. The lowest BCUT2D eigenvalue weighted by molar-refractivity contribution is -0.120. The van der Waals surface area contributed by atoms with Crippen LogP contribution >= 0.6 is 11.3 Å². The van der Waals surface area contributed by atoms with Crippen LogP contribution in [0, 0.1) is 0 Å². The highest BCUT2D eigenvalue weighted by Gasteiger charge is 2.18. The zero-order chi connectivity index (χ0) is 20.2. The number of carbonyl (C=O) groups is 2. The van der Waals surface area contributed by atoms with Crippen LogP contribution in [0.15, 0.2) is 46.8 Å². The minimum Gasteiger partial charge on any atom is -0.335 e. The molecule has 2 aromatic heterocycles. The van der Waals surface area contributed by atoms with E-state index in [-0.39, 0.29) is 24.6 Å². The first-order chi connectivity index (χ1) is 14.1. The van der Waals surface area contributed by atoms with Crippen LogP contribution in [0.3, 0.4) is 0 Å². The quantitative estimate of drug-likeness (QED) is 0.675. The highest BCUT2D eigenvalue weighted by atomic mass is 32.1. The number of carbonyl (C=O) groups excluding carboxylic acids is 2. The molecular formula is C21H22N4O3S. The van der Waals surface area contributed by atoms with Crippen molar-refractivity contribution in [3.63, 3.8) is 0 Å². The van der Waals surface area contributed by atoms with Crippen molar-refractivity contribution in [2.75, 3.05) is 0 Å². The van der Waals surface area contributed by atoms with Crippen molar-refractivity contribution in [2.45, 2.75) is 44.7 Å². The first-order valence-electron chi connectivity index (χ1n) is 9.74. The summed E-state index contributed by atoms with van der Waals surface area (Å²) in [5.41, 5.74) is 1.62. The Labute approximate surface area is 171 Å². The molecular weight excluding hydrogens is 388 g/mol. The second-order valence-corrected chi connectivity index (χ2v) is 8.05. The van der Waals surface area contributed by atoms with Gasteiger partial charge in [0.05, 0.1) is 11.7 Å². The minimum absolute atomic E-state index is 0.0238. The summed E-state index contributed by atoms with van der Waals surface area (Å²) in [6.07, 6.45) is 5.59. The summed E-state index contributed by atoms with van der Waals surface area (Å²) in [7, 11) is 0. The molecule has 1 aliphatic carbocycles. The summed E-state index contributed by atoms with van der Waals surface area (Å²) in [5, 5.41) is 7.65. The first-order valence-corrected chi connectivity index (χ1v) is 10.6. The largest absolute Gasteiger partial charge is 0.335 e. The van der Waals surface area contributed by atoms with Gasteiger partial charge in [0.15, 0.2) is 0 Å². The van der Waals surface area contributed by atoms with Gasteiger partial charge in [-0.05, 0) is 18.4 Å². The lowest BCUT2D eigenvalue weighted by atomic mass is 10.1. The van der Waals surface area contributed by atoms with Crippen LogP contribution < -0.4 is 16.2 Å². The molecule has 2 heterocycles. The molecule has 1 saturated carbocycles. The Hall–Kier alpha value is -3.00. The Morgan fingerprint density at radius 1 is 1.17 bits per heavy atom. The third-order valence-corrected chi connectivity index (χ3v) is 6.05. The molecule has 1 fully saturated rings. The third-order valence-electron chi connectivity index (χ3n) is 5.17. The number of nitrogens with zero attached hydrogens (tertiary/aromatic N) is 2. The van der Waals surface area contributed by atoms with Crippen molar-refractivity contribution in [1.29, 1.82) is 0 Å². The standard InChI is InChI=1S/C21H22N4O3S/c26-17(24-21(28)23-15-8-4-5-9-15)10-11-25-13-22-19-18(20(25)27)16(12-29-19)14-6-2-1-3-7-14/h1-3,6-7,12-13,15H,4-5,8-11H2,(H2,23,24,26,28). The number of amides is 3. The number of thiophene rings is 1. The highest BCUT2D eigenvalue weighted by molar-refractivity contribution is 7.17. The molecule has 0 aliphatic heterocycles. The normalized spacial score (nSPS) is 14.2. The number of urea groups is 1.